The lowest BCUT2D eigenvalue weighted by Gasteiger charge is -2.13. The van der Waals surface area contributed by atoms with Crippen LogP contribution in [0.15, 0.2) is 67.0 Å². The van der Waals surface area contributed by atoms with Gasteiger partial charge in [0, 0.05) is 43.1 Å². The van der Waals surface area contributed by atoms with E-state index in [9.17, 15) is 0 Å². The Labute approximate surface area is 169 Å². The number of ether oxygens (including phenoxy) is 2. The van der Waals surface area contributed by atoms with E-state index in [-0.39, 0.29) is 0 Å². The van der Waals surface area contributed by atoms with E-state index >= 15 is 0 Å². The van der Waals surface area contributed by atoms with Crippen molar-refractivity contribution < 1.29 is 9.47 Å². The molecule has 6 heteroatoms. The van der Waals surface area contributed by atoms with Crippen molar-refractivity contribution in [3.63, 3.8) is 0 Å². The second-order valence-electron chi connectivity index (χ2n) is 6.46. The molecule has 0 unspecified atom stereocenters. The Morgan fingerprint density at radius 2 is 1.83 bits per heavy atom. The maximum atomic E-state index is 5.90. The number of fused-ring (bicyclic) bond motifs is 1. The monoisotopic (exact) mass is 386 g/mol. The van der Waals surface area contributed by atoms with Gasteiger partial charge in [0.1, 0.15) is 18.2 Å². The summed E-state index contributed by atoms with van der Waals surface area (Å²) >= 11 is 0. The minimum absolute atomic E-state index is 0.500. The second-order valence-corrected chi connectivity index (χ2v) is 6.46. The van der Waals surface area contributed by atoms with Gasteiger partial charge in [-0.25, -0.2) is 9.97 Å². The Kier molecular flexibility index (Phi) is 5.63. The molecule has 0 aliphatic heterocycles. The number of benzene rings is 2. The normalized spacial score (nSPS) is 10.8. The molecule has 0 spiro atoms. The van der Waals surface area contributed by atoms with Crippen LogP contribution in [0.2, 0.25) is 0 Å². The van der Waals surface area contributed by atoms with Crippen molar-refractivity contribution in [2.24, 2.45) is 0 Å². The van der Waals surface area contributed by atoms with Gasteiger partial charge in [0.2, 0.25) is 0 Å². The van der Waals surface area contributed by atoms with Crippen molar-refractivity contribution in [1.29, 1.82) is 0 Å². The number of aromatic nitrogens is 3. The van der Waals surface area contributed by atoms with Gasteiger partial charge in [0.15, 0.2) is 5.82 Å². The van der Waals surface area contributed by atoms with Crippen molar-refractivity contribution in [2.45, 2.75) is 0 Å². The summed E-state index contributed by atoms with van der Waals surface area (Å²) in [6, 6.07) is 18.0. The van der Waals surface area contributed by atoms with Gasteiger partial charge in [-0.2, -0.15) is 0 Å². The molecule has 2 aromatic heterocycles. The maximum Gasteiger partial charge on any atom is 0.163 e. The molecule has 0 amide bonds. The highest BCUT2D eigenvalue weighted by Crippen LogP contribution is 2.34. The molecule has 29 heavy (non-hydrogen) atoms. The van der Waals surface area contributed by atoms with Crippen LogP contribution in [0.1, 0.15) is 0 Å². The molecule has 0 aliphatic carbocycles. The number of anilines is 1. The SMILES string of the molecule is CNc1nc(-c2cccnc2)nc2ccc(-c3ccccc3OCCOC)cc12. The first kappa shape index (κ1) is 18.8. The smallest absolute Gasteiger partial charge is 0.163 e. The van der Waals surface area contributed by atoms with Crippen LogP contribution >= 0.6 is 0 Å². The van der Waals surface area contributed by atoms with E-state index in [2.05, 4.69) is 22.4 Å². The fraction of sp³-hybridized carbons (Fsp3) is 0.174. The van der Waals surface area contributed by atoms with Crippen LogP contribution < -0.4 is 10.1 Å². The number of nitrogens with zero attached hydrogens (tertiary/aromatic N) is 3. The average Bonchev–Trinajstić information content (AvgIpc) is 2.79. The molecule has 0 fully saturated rings. The van der Waals surface area contributed by atoms with Gasteiger partial charge >= 0.3 is 0 Å². The topological polar surface area (TPSA) is 69.2 Å². The maximum absolute atomic E-state index is 5.90. The van der Waals surface area contributed by atoms with E-state index in [0.717, 1.165) is 39.2 Å². The van der Waals surface area contributed by atoms with Crippen molar-refractivity contribution in [2.75, 3.05) is 32.7 Å². The molecule has 0 atom stereocenters. The van der Waals surface area contributed by atoms with Gasteiger partial charge in [-0.3, -0.25) is 4.98 Å². The predicted molar refractivity (Wildman–Crippen MR) is 115 cm³/mol. The fourth-order valence-corrected chi connectivity index (χ4v) is 3.18. The highest BCUT2D eigenvalue weighted by molar-refractivity contribution is 5.94. The van der Waals surface area contributed by atoms with Crippen LogP contribution in [-0.2, 0) is 4.74 Å². The van der Waals surface area contributed by atoms with Gasteiger partial charge in [-0.15, -0.1) is 0 Å². The summed E-state index contributed by atoms with van der Waals surface area (Å²) in [4.78, 5) is 13.6. The molecule has 146 valence electrons. The quantitative estimate of drug-likeness (QED) is 0.474. The molecule has 0 saturated carbocycles. The summed E-state index contributed by atoms with van der Waals surface area (Å²) < 4.78 is 11.0. The summed E-state index contributed by atoms with van der Waals surface area (Å²) in [7, 11) is 3.53. The lowest BCUT2D eigenvalue weighted by molar-refractivity contribution is 0.146. The van der Waals surface area contributed by atoms with Gasteiger partial charge in [0.05, 0.1) is 12.1 Å². The minimum Gasteiger partial charge on any atom is -0.491 e. The molecule has 1 N–H and O–H groups in total. The molecule has 4 aromatic rings. The van der Waals surface area contributed by atoms with E-state index in [1.165, 1.54) is 0 Å². The van der Waals surface area contributed by atoms with Crippen molar-refractivity contribution in [3.05, 3.63) is 67.0 Å². The summed E-state index contributed by atoms with van der Waals surface area (Å²) in [6.07, 6.45) is 3.50. The zero-order chi connectivity index (χ0) is 20.1. The molecule has 0 radical (unpaired) electrons. The number of para-hydroxylation sites is 1. The first-order valence-electron chi connectivity index (χ1n) is 9.41. The average molecular weight is 386 g/mol. The molecule has 0 saturated heterocycles. The summed E-state index contributed by atoms with van der Waals surface area (Å²) in [5.41, 5.74) is 3.81. The van der Waals surface area contributed by atoms with E-state index in [1.807, 2.05) is 49.5 Å². The second kappa shape index (κ2) is 8.67. The standard InChI is InChI=1S/C23H22N4O2/c1-24-23-19-14-16(18-7-3-4-8-21(18)29-13-12-28-2)9-10-20(19)26-22(27-23)17-6-5-11-25-15-17/h3-11,14-15H,12-13H2,1-2H3,(H,24,26,27). The number of rotatable bonds is 7. The molecule has 4 rings (SSSR count). The van der Waals surface area contributed by atoms with Gasteiger partial charge in [-0.1, -0.05) is 24.3 Å². The zero-order valence-electron chi connectivity index (χ0n) is 16.4. The van der Waals surface area contributed by atoms with Crippen LogP contribution in [0.5, 0.6) is 5.75 Å². The van der Waals surface area contributed by atoms with Crippen LogP contribution in [0, 0.1) is 0 Å². The van der Waals surface area contributed by atoms with Crippen LogP contribution in [0.3, 0.4) is 0 Å². The summed E-state index contributed by atoms with van der Waals surface area (Å²) in [6.45, 7) is 1.04. The van der Waals surface area contributed by atoms with Crippen molar-refractivity contribution >= 4 is 16.7 Å². The van der Waals surface area contributed by atoms with E-state index in [1.54, 1.807) is 19.5 Å². The number of pyridine rings is 1. The van der Waals surface area contributed by atoms with Gasteiger partial charge in [0.25, 0.3) is 0 Å². The summed E-state index contributed by atoms with van der Waals surface area (Å²) in [5.74, 6) is 2.24. The Morgan fingerprint density at radius 3 is 2.62 bits per heavy atom. The number of hydrogen-bond acceptors (Lipinski definition) is 6. The van der Waals surface area contributed by atoms with Gasteiger partial charge < -0.3 is 14.8 Å². The van der Waals surface area contributed by atoms with Crippen LogP contribution in [0.4, 0.5) is 5.82 Å². The third-order valence-electron chi connectivity index (χ3n) is 4.60. The third-order valence-corrected chi connectivity index (χ3v) is 4.60. The highest BCUT2D eigenvalue weighted by atomic mass is 16.5. The Bertz CT molecular complexity index is 1120. The number of methoxy groups -OCH3 is 1. The Balaban J connectivity index is 1.77. The lowest BCUT2D eigenvalue weighted by atomic mass is 10.0. The molecule has 6 nitrogen and oxygen atoms in total. The molecule has 2 heterocycles. The molecular formula is C23H22N4O2. The van der Waals surface area contributed by atoms with Crippen LogP contribution in [-0.4, -0.2) is 42.3 Å². The van der Waals surface area contributed by atoms with E-state index in [4.69, 9.17) is 19.4 Å². The largest absolute Gasteiger partial charge is 0.491 e. The van der Waals surface area contributed by atoms with E-state index < -0.39 is 0 Å². The minimum atomic E-state index is 0.500. The molecule has 2 aromatic carbocycles. The van der Waals surface area contributed by atoms with Crippen molar-refractivity contribution in [1.82, 2.24) is 15.0 Å². The first-order valence-corrected chi connectivity index (χ1v) is 9.41. The number of hydrogen-bond donors (Lipinski definition) is 1. The Hall–Kier alpha value is -3.51. The predicted octanol–water partition coefficient (Wildman–Crippen LogP) is 4.43. The molecular weight excluding hydrogens is 364 g/mol. The lowest BCUT2D eigenvalue weighted by Crippen LogP contribution is -2.05. The molecule has 0 aliphatic rings. The van der Waals surface area contributed by atoms with Crippen molar-refractivity contribution in [3.8, 4) is 28.3 Å². The van der Waals surface area contributed by atoms with Gasteiger partial charge in [-0.05, 0) is 35.9 Å². The Morgan fingerprint density at radius 1 is 0.931 bits per heavy atom. The number of nitrogens with one attached hydrogen (secondary N) is 1. The summed E-state index contributed by atoms with van der Waals surface area (Å²) in [5, 5.41) is 4.14. The van der Waals surface area contributed by atoms with E-state index in [0.29, 0.717) is 19.0 Å². The fourth-order valence-electron chi connectivity index (χ4n) is 3.18. The zero-order valence-corrected chi connectivity index (χ0v) is 16.4. The van der Waals surface area contributed by atoms with Crippen LogP contribution in [0.25, 0.3) is 33.4 Å². The third kappa shape index (κ3) is 4.02. The first-order chi connectivity index (χ1) is 14.3. The highest BCUT2D eigenvalue weighted by Gasteiger charge is 2.12. The molecule has 0 bridgehead atoms.